The van der Waals surface area contributed by atoms with Crippen molar-refractivity contribution in [2.24, 2.45) is 5.11 Å². The molecule has 0 aliphatic heterocycles. The van der Waals surface area contributed by atoms with Crippen molar-refractivity contribution in [2.75, 3.05) is 6.26 Å². The Hall–Kier alpha value is -0.340. The van der Waals surface area contributed by atoms with E-state index in [1.54, 1.807) is 0 Å². The third-order valence-corrected chi connectivity index (χ3v) is 1.33. The zero-order chi connectivity index (χ0) is 5.70. The lowest BCUT2D eigenvalue weighted by Crippen LogP contribution is -1.82. The minimum absolute atomic E-state index is 0.0741. The average Bonchev–Trinajstić information content (AvgIpc) is 1.68. The first-order valence-electron chi connectivity index (χ1n) is 1.88. The zero-order valence-electron chi connectivity index (χ0n) is 4.33. The quantitative estimate of drug-likeness (QED) is 0.310. The number of hydrogen-bond acceptors (Lipinski definition) is 2. The van der Waals surface area contributed by atoms with Crippen molar-refractivity contribution in [2.45, 2.75) is 12.3 Å². The van der Waals surface area contributed by atoms with Crippen molar-refractivity contribution in [3.8, 4) is 0 Å². The molecular formula is C3H7N3S. The molecule has 0 aromatic heterocycles. The van der Waals surface area contributed by atoms with Crippen LogP contribution in [-0.4, -0.2) is 11.6 Å². The summed E-state index contributed by atoms with van der Waals surface area (Å²) in [6.07, 6.45) is 1.90. The van der Waals surface area contributed by atoms with Gasteiger partial charge in [0.1, 0.15) is 0 Å². The molecule has 0 spiro atoms. The largest absolute Gasteiger partial charge is 0.156 e. The Morgan fingerprint density at radius 1 is 1.86 bits per heavy atom. The van der Waals surface area contributed by atoms with E-state index in [2.05, 4.69) is 10.0 Å². The van der Waals surface area contributed by atoms with E-state index in [1.807, 2.05) is 13.2 Å². The highest BCUT2D eigenvalue weighted by Gasteiger charge is 1.88. The molecule has 0 aromatic rings. The summed E-state index contributed by atoms with van der Waals surface area (Å²) in [7, 11) is 0. The van der Waals surface area contributed by atoms with E-state index in [0.717, 1.165) is 0 Å². The number of nitrogens with zero attached hydrogens (tertiary/aromatic N) is 3. The fourth-order valence-corrected chi connectivity index (χ4v) is 0.256. The third kappa shape index (κ3) is 3.49. The normalized spacial score (nSPS) is 12.3. The van der Waals surface area contributed by atoms with E-state index in [-0.39, 0.29) is 5.37 Å². The predicted molar refractivity (Wildman–Crippen MR) is 32.1 cm³/mol. The van der Waals surface area contributed by atoms with Crippen LogP contribution in [0.5, 0.6) is 0 Å². The molecule has 1 unspecified atom stereocenters. The van der Waals surface area contributed by atoms with Crippen LogP contribution in [0, 0.1) is 0 Å². The molecule has 0 aliphatic carbocycles. The van der Waals surface area contributed by atoms with Gasteiger partial charge in [-0.05, 0) is 18.7 Å². The second-order valence-corrected chi connectivity index (χ2v) is 2.19. The topological polar surface area (TPSA) is 48.8 Å². The lowest BCUT2D eigenvalue weighted by atomic mass is 10.8. The van der Waals surface area contributed by atoms with E-state index in [0.29, 0.717) is 0 Å². The molecule has 0 fully saturated rings. The second-order valence-electron chi connectivity index (χ2n) is 1.04. The molecule has 0 N–H and O–H groups in total. The van der Waals surface area contributed by atoms with Gasteiger partial charge in [0, 0.05) is 4.91 Å². The molecule has 0 aliphatic rings. The van der Waals surface area contributed by atoms with Gasteiger partial charge in [0.2, 0.25) is 0 Å². The summed E-state index contributed by atoms with van der Waals surface area (Å²) in [5.74, 6) is 0. The smallest absolute Gasteiger partial charge is 0.0802 e. The lowest BCUT2D eigenvalue weighted by Gasteiger charge is -1.92. The molecule has 4 heteroatoms. The number of rotatable bonds is 2. The van der Waals surface area contributed by atoms with Crippen LogP contribution in [0.15, 0.2) is 5.11 Å². The van der Waals surface area contributed by atoms with Crippen molar-refractivity contribution < 1.29 is 0 Å². The Morgan fingerprint density at radius 3 is 2.57 bits per heavy atom. The molecule has 0 saturated carbocycles. The molecule has 0 bridgehead atoms. The SMILES string of the molecule is CSC(C)N=[N+]=[N-]. The zero-order valence-corrected chi connectivity index (χ0v) is 5.14. The van der Waals surface area contributed by atoms with E-state index in [1.165, 1.54) is 11.8 Å². The van der Waals surface area contributed by atoms with Crippen LogP contribution in [0.2, 0.25) is 0 Å². The Labute approximate surface area is 46.7 Å². The summed E-state index contributed by atoms with van der Waals surface area (Å²) >= 11 is 1.53. The monoisotopic (exact) mass is 117 g/mol. The van der Waals surface area contributed by atoms with Gasteiger partial charge in [0.15, 0.2) is 0 Å². The predicted octanol–water partition coefficient (Wildman–Crippen LogP) is 2.01. The molecule has 0 radical (unpaired) electrons. The Balaban J connectivity index is 3.35. The first-order valence-corrected chi connectivity index (χ1v) is 3.17. The minimum Gasteiger partial charge on any atom is -0.156 e. The summed E-state index contributed by atoms with van der Waals surface area (Å²) in [6.45, 7) is 1.85. The van der Waals surface area contributed by atoms with Crippen LogP contribution >= 0.6 is 11.8 Å². The van der Waals surface area contributed by atoms with Crippen LogP contribution in [0.3, 0.4) is 0 Å². The highest BCUT2D eigenvalue weighted by Crippen LogP contribution is 2.04. The molecule has 0 amide bonds. The van der Waals surface area contributed by atoms with E-state index in [9.17, 15) is 0 Å². The van der Waals surface area contributed by atoms with Gasteiger partial charge in [-0.3, -0.25) is 0 Å². The Bertz CT molecular complexity index is 86.2. The molecule has 0 aromatic carbocycles. The van der Waals surface area contributed by atoms with E-state index in [4.69, 9.17) is 5.53 Å². The summed E-state index contributed by atoms with van der Waals surface area (Å²) in [6, 6.07) is 0. The number of azide groups is 1. The highest BCUT2D eigenvalue weighted by atomic mass is 32.2. The first-order chi connectivity index (χ1) is 3.31. The summed E-state index contributed by atoms with van der Waals surface area (Å²) in [5.41, 5.74) is 7.81. The van der Waals surface area contributed by atoms with Crippen molar-refractivity contribution in [1.82, 2.24) is 0 Å². The van der Waals surface area contributed by atoms with Gasteiger partial charge in [0.05, 0.1) is 5.37 Å². The Kier molecular flexibility index (Phi) is 3.65. The van der Waals surface area contributed by atoms with Crippen molar-refractivity contribution in [3.05, 3.63) is 10.4 Å². The van der Waals surface area contributed by atoms with Crippen molar-refractivity contribution >= 4 is 11.8 Å². The molecule has 0 rings (SSSR count). The number of hydrogen-bond donors (Lipinski definition) is 0. The standard InChI is InChI=1S/C3H7N3S/c1-3(7-2)5-6-4/h3H,1-2H3. The van der Waals surface area contributed by atoms with Crippen molar-refractivity contribution in [3.63, 3.8) is 0 Å². The van der Waals surface area contributed by atoms with Crippen LogP contribution in [0.25, 0.3) is 10.4 Å². The van der Waals surface area contributed by atoms with Crippen LogP contribution < -0.4 is 0 Å². The van der Waals surface area contributed by atoms with Crippen LogP contribution in [0.1, 0.15) is 6.92 Å². The maximum absolute atomic E-state index is 7.81. The molecule has 0 heterocycles. The average molecular weight is 117 g/mol. The first kappa shape index (κ1) is 6.66. The van der Waals surface area contributed by atoms with Crippen LogP contribution in [0.4, 0.5) is 0 Å². The molecule has 0 saturated heterocycles. The van der Waals surface area contributed by atoms with Gasteiger partial charge in [-0.25, -0.2) is 0 Å². The fourth-order valence-electron chi connectivity index (χ4n) is 0.120. The molecule has 1 atom stereocenters. The third-order valence-electron chi connectivity index (χ3n) is 0.555. The van der Waals surface area contributed by atoms with Gasteiger partial charge in [-0.15, -0.1) is 0 Å². The molecule has 7 heavy (non-hydrogen) atoms. The highest BCUT2D eigenvalue weighted by molar-refractivity contribution is 7.99. The summed E-state index contributed by atoms with van der Waals surface area (Å²) in [5, 5.41) is 3.46. The maximum Gasteiger partial charge on any atom is 0.0802 e. The molecule has 3 nitrogen and oxygen atoms in total. The molecular weight excluding hydrogens is 110 g/mol. The number of thioether (sulfide) groups is 1. The van der Waals surface area contributed by atoms with Gasteiger partial charge < -0.3 is 0 Å². The van der Waals surface area contributed by atoms with E-state index >= 15 is 0 Å². The van der Waals surface area contributed by atoms with E-state index < -0.39 is 0 Å². The van der Waals surface area contributed by atoms with Gasteiger partial charge in [0.25, 0.3) is 0 Å². The Morgan fingerprint density at radius 2 is 2.43 bits per heavy atom. The summed E-state index contributed by atoms with van der Waals surface area (Å²) < 4.78 is 0. The van der Waals surface area contributed by atoms with Gasteiger partial charge >= 0.3 is 0 Å². The minimum atomic E-state index is 0.0741. The van der Waals surface area contributed by atoms with Gasteiger partial charge in [-0.1, -0.05) is 5.11 Å². The lowest BCUT2D eigenvalue weighted by molar-refractivity contribution is 1.03. The maximum atomic E-state index is 7.81. The summed E-state index contributed by atoms with van der Waals surface area (Å²) in [4.78, 5) is 2.61. The van der Waals surface area contributed by atoms with Crippen molar-refractivity contribution in [1.29, 1.82) is 0 Å². The fraction of sp³-hybridized carbons (Fsp3) is 1.00. The van der Waals surface area contributed by atoms with Gasteiger partial charge in [-0.2, -0.15) is 11.8 Å². The van der Waals surface area contributed by atoms with Crippen LogP contribution in [-0.2, 0) is 0 Å². The second kappa shape index (κ2) is 3.84. The molecule has 40 valence electrons.